The number of hydrogen-bond acceptors (Lipinski definition) is 12. The van der Waals surface area contributed by atoms with Crippen LogP contribution in [0.5, 0.6) is 0 Å². The molecule has 6 N–H and O–H groups in total. The quantitative estimate of drug-likeness (QED) is 0.108. The molecule has 3 aromatic rings. The number of amides is 1. The van der Waals surface area contributed by atoms with Crippen LogP contribution in [0.2, 0.25) is 0 Å². The van der Waals surface area contributed by atoms with E-state index < -0.39 is 5.97 Å². The summed E-state index contributed by atoms with van der Waals surface area (Å²) in [6, 6.07) is 0.727. The van der Waals surface area contributed by atoms with Crippen LogP contribution in [0, 0.1) is 0 Å². The zero-order valence-corrected chi connectivity index (χ0v) is 26.0. The molecule has 5 rings (SSSR count). The molecule has 0 atom stereocenters. The summed E-state index contributed by atoms with van der Waals surface area (Å²) in [6.45, 7) is 6.76. The van der Waals surface area contributed by atoms with E-state index >= 15 is 0 Å². The standard InChI is InChI=1S/C29H47N13O3/c43-24(8-12-31-19-25(44)45)40-14-16-41(17-15-40)29-36-27(26-28(37-29)35-21-34-26)33-18-23-20-42(39-38-23)13-5-10-30-9-4-11-32-22-6-2-1-3-7-22/h20-22,30-32H,1-19H2,(H,44,45)(H2,33,34,35,36,37). The Labute approximate surface area is 263 Å². The number of carboxylic acids is 1. The Morgan fingerprint density at radius 1 is 0.978 bits per heavy atom. The first-order chi connectivity index (χ1) is 22.0. The Morgan fingerprint density at radius 3 is 2.62 bits per heavy atom. The topological polar surface area (TPSA) is 194 Å². The molecule has 246 valence electrons. The summed E-state index contributed by atoms with van der Waals surface area (Å²) >= 11 is 0. The molecule has 2 fully saturated rings. The van der Waals surface area contributed by atoms with Crippen LogP contribution in [0.1, 0.15) is 57.1 Å². The van der Waals surface area contributed by atoms with E-state index in [0.29, 0.717) is 62.2 Å². The zero-order chi connectivity index (χ0) is 31.3. The molecule has 3 aromatic heterocycles. The van der Waals surface area contributed by atoms with Gasteiger partial charge in [-0.25, -0.2) is 4.98 Å². The van der Waals surface area contributed by atoms with Crippen LogP contribution in [0.3, 0.4) is 0 Å². The maximum Gasteiger partial charge on any atom is 0.317 e. The van der Waals surface area contributed by atoms with Gasteiger partial charge in [0.1, 0.15) is 11.2 Å². The third-order valence-corrected chi connectivity index (χ3v) is 8.31. The summed E-state index contributed by atoms with van der Waals surface area (Å²) < 4.78 is 1.88. The van der Waals surface area contributed by atoms with Gasteiger partial charge in [-0.1, -0.05) is 24.5 Å². The monoisotopic (exact) mass is 625 g/mol. The number of piperazine rings is 1. The van der Waals surface area contributed by atoms with Crippen molar-refractivity contribution in [2.45, 2.75) is 70.5 Å². The van der Waals surface area contributed by atoms with Crippen molar-refractivity contribution in [1.82, 2.24) is 55.8 Å². The predicted octanol–water partition coefficient (Wildman–Crippen LogP) is 0.562. The number of hydrogen-bond donors (Lipinski definition) is 6. The van der Waals surface area contributed by atoms with Crippen LogP contribution >= 0.6 is 0 Å². The Balaban J connectivity index is 1.02. The third-order valence-electron chi connectivity index (χ3n) is 8.31. The van der Waals surface area contributed by atoms with Crippen molar-refractivity contribution in [1.29, 1.82) is 0 Å². The normalized spacial score (nSPS) is 16.0. The van der Waals surface area contributed by atoms with Crippen molar-refractivity contribution in [3.05, 3.63) is 18.2 Å². The highest BCUT2D eigenvalue weighted by atomic mass is 16.4. The first kappa shape index (κ1) is 32.5. The molecule has 2 aliphatic rings. The van der Waals surface area contributed by atoms with Gasteiger partial charge in [-0.15, -0.1) is 5.10 Å². The fourth-order valence-corrected chi connectivity index (χ4v) is 5.81. The van der Waals surface area contributed by atoms with E-state index in [-0.39, 0.29) is 18.9 Å². The summed E-state index contributed by atoms with van der Waals surface area (Å²) in [5.41, 5.74) is 2.09. The second-order valence-corrected chi connectivity index (χ2v) is 11.7. The molecule has 1 amide bonds. The van der Waals surface area contributed by atoms with E-state index in [2.05, 4.69) is 51.4 Å². The summed E-state index contributed by atoms with van der Waals surface area (Å²) in [4.78, 5) is 43.9. The Hall–Kier alpha value is -3.89. The molecule has 1 saturated carbocycles. The van der Waals surface area contributed by atoms with E-state index in [0.717, 1.165) is 50.8 Å². The van der Waals surface area contributed by atoms with Crippen molar-refractivity contribution < 1.29 is 14.7 Å². The molecule has 0 unspecified atom stereocenters. The average Bonchev–Trinajstić information content (AvgIpc) is 3.73. The van der Waals surface area contributed by atoms with Gasteiger partial charge in [0, 0.05) is 51.7 Å². The molecule has 1 aliphatic heterocycles. The molecule has 1 aliphatic carbocycles. The highest BCUT2D eigenvalue weighted by Crippen LogP contribution is 2.22. The van der Waals surface area contributed by atoms with Crippen LogP contribution in [0.15, 0.2) is 12.5 Å². The first-order valence-corrected chi connectivity index (χ1v) is 16.3. The van der Waals surface area contributed by atoms with Crippen LogP contribution in [0.4, 0.5) is 11.8 Å². The van der Waals surface area contributed by atoms with Crippen LogP contribution in [-0.4, -0.2) is 122 Å². The molecule has 1 saturated heterocycles. The van der Waals surface area contributed by atoms with E-state index in [1.807, 2.05) is 10.9 Å². The van der Waals surface area contributed by atoms with Crippen LogP contribution < -0.4 is 26.2 Å². The largest absolute Gasteiger partial charge is 0.480 e. The van der Waals surface area contributed by atoms with Gasteiger partial charge in [0.2, 0.25) is 11.9 Å². The molecule has 0 radical (unpaired) electrons. The van der Waals surface area contributed by atoms with Gasteiger partial charge in [-0.2, -0.15) is 9.97 Å². The van der Waals surface area contributed by atoms with Gasteiger partial charge in [-0.3, -0.25) is 14.3 Å². The van der Waals surface area contributed by atoms with Crippen molar-refractivity contribution in [2.75, 3.05) is 69.1 Å². The molecular weight excluding hydrogens is 578 g/mol. The van der Waals surface area contributed by atoms with Gasteiger partial charge in [0.15, 0.2) is 11.5 Å². The number of anilines is 2. The van der Waals surface area contributed by atoms with Crippen molar-refractivity contribution >= 4 is 34.8 Å². The van der Waals surface area contributed by atoms with Gasteiger partial charge >= 0.3 is 5.97 Å². The lowest BCUT2D eigenvalue weighted by molar-refractivity contribution is -0.136. The van der Waals surface area contributed by atoms with E-state index in [1.165, 1.54) is 32.1 Å². The maximum atomic E-state index is 12.5. The first-order valence-electron chi connectivity index (χ1n) is 16.3. The highest BCUT2D eigenvalue weighted by molar-refractivity contribution is 5.83. The molecule has 45 heavy (non-hydrogen) atoms. The number of imidazole rings is 1. The molecule has 0 spiro atoms. The number of rotatable bonds is 18. The minimum absolute atomic E-state index is 0.00162. The van der Waals surface area contributed by atoms with Crippen LogP contribution in [0.25, 0.3) is 11.2 Å². The van der Waals surface area contributed by atoms with E-state index in [1.54, 1.807) is 11.2 Å². The molecule has 16 heteroatoms. The van der Waals surface area contributed by atoms with Gasteiger partial charge < -0.3 is 41.2 Å². The van der Waals surface area contributed by atoms with E-state index in [9.17, 15) is 9.59 Å². The Kier molecular flexibility index (Phi) is 12.3. The molecule has 16 nitrogen and oxygen atoms in total. The highest BCUT2D eigenvalue weighted by Gasteiger charge is 2.24. The fraction of sp³-hybridized carbons (Fsp3) is 0.690. The lowest BCUT2D eigenvalue weighted by Gasteiger charge is -2.35. The number of aryl methyl sites for hydroxylation is 1. The second kappa shape index (κ2) is 17.0. The molecule has 0 aromatic carbocycles. The SMILES string of the molecule is O=C(O)CNCCC(=O)N1CCN(c2nc(NCc3cn(CCCNCCCNC4CCCCC4)nn3)c3nc[nH]c3n2)CC1. The summed E-state index contributed by atoms with van der Waals surface area (Å²) in [6.07, 6.45) is 12.7. The van der Waals surface area contributed by atoms with Gasteiger partial charge in [0.25, 0.3) is 0 Å². The van der Waals surface area contributed by atoms with Crippen molar-refractivity contribution in [3.63, 3.8) is 0 Å². The third kappa shape index (κ3) is 10.1. The summed E-state index contributed by atoms with van der Waals surface area (Å²) in [5, 5.41) is 30.7. The number of H-pyrrole nitrogens is 1. The average molecular weight is 626 g/mol. The number of aliphatic carboxylic acids is 1. The zero-order valence-electron chi connectivity index (χ0n) is 26.0. The maximum absolute atomic E-state index is 12.5. The number of aromatic amines is 1. The number of nitrogens with one attached hydrogen (secondary N) is 5. The van der Waals surface area contributed by atoms with E-state index in [4.69, 9.17) is 10.1 Å². The number of carboxylic acid groups (broad SMARTS) is 1. The molecule has 0 bridgehead atoms. The predicted molar refractivity (Wildman–Crippen MR) is 170 cm³/mol. The number of carbonyl (C=O) groups excluding carboxylic acids is 1. The minimum Gasteiger partial charge on any atom is -0.480 e. The Morgan fingerprint density at radius 2 is 1.80 bits per heavy atom. The summed E-state index contributed by atoms with van der Waals surface area (Å²) in [7, 11) is 0. The number of carbonyl (C=O) groups is 2. The molecule has 4 heterocycles. The number of aromatic nitrogens is 7. The Bertz CT molecular complexity index is 1350. The minimum atomic E-state index is -0.937. The smallest absolute Gasteiger partial charge is 0.317 e. The lowest BCUT2D eigenvalue weighted by Crippen LogP contribution is -2.49. The second-order valence-electron chi connectivity index (χ2n) is 11.7. The lowest BCUT2D eigenvalue weighted by atomic mass is 9.95. The fourth-order valence-electron chi connectivity index (χ4n) is 5.81. The van der Waals surface area contributed by atoms with Gasteiger partial charge in [-0.05, 0) is 45.3 Å². The van der Waals surface area contributed by atoms with Crippen molar-refractivity contribution in [3.8, 4) is 0 Å². The van der Waals surface area contributed by atoms with Crippen LogP contribution in [-0.2, 0) is 22.7 Å². The number of fused-ring (bicyclic) bond motifs is 1. The number of nitrogens with zero attached hydrogens (tertiary/aromatic N) is 8. The summed E-state index contributed by atoms with van der Waals surface area (Å²) in [5.74, 6) is 0.232. The van der Waals surface area contributed by atoms with Crippen molar-refractivity contribution in [2.24, 2.45) is 0 Å². The molecular formula is C29H47N13O3. The van der Waals surface area contributed by atoms with Gasteiger partial charge in [0.05, 0.1) is 25.6 Å².